The molecule has 0 saturated carbocycles. The zero-order valence-electron chi connectivity index (χ0n) is 20.8. The molecule has 0 spiro atoms. The van der Waals surface area contributed by atoms with E-state index in [4.69, 9.17) is 4.74 Å². The van der Waals surface area contributed by atoms with Gasteiger partial charge in [-0.05, 0) is 54.1 Å². The fourth-order valence-electron chi connectivity index (χ4n) is 4.32. The van der Waals surface area contributed by atoms with Crippen molar-refractivity contribution < 1.29 is 22.7 Å². The van der Waals surface area contributed by atoms with Crippen LogP contribution in [-0.2, 0) is 14.8 Å². The van der Waals surface area contributed by atoms with E-state index in [1.165, 1.54) is 29.3 Å². The van der Waals surface area contributed by atoms with Gasteiger partial charge in [-0.1, -0.05) is 76.6 Å². The molecule has 0 N–H and O–H groups in total. The number of carbonyl (C=O) groups is 2. The normalized spacial score (nSPS) is 14.6. The van der Waals surface area contributed by atoms with E-state index in [0.29, 0.717) is 11.1 Å². The molecule has 1 aliphatic rings. The zero-order valence-corrected chi connectivity index (χ0v) is 23.2. The molecule has 198 valence electrons. The van der Waals surface area contributed by atoms with Crippen LogP contribution in [0, 0.1) is 0 Å². The van der Waals surface area contributed by atoms with Crippen molar-refractivity contribution >= 4 is 43.5 Å². The smallest absolute Gasteiger partial charge is 0.274 e. The van der Waals surface area contributed by atoms with Crippen molar-refractivity contribution in [3.8, 4) is 5.75 Å². The first-order valence-corrected chi connectivity index (χ1v) is 14.2. The Labute approximate surface area is 235 Å². The van der Waals surface area contributed by atoms with Gasteiger partial charge in [0.1, 0.15) is 12.3 Å². The number of hydrogen-bond donors (Lipinski definition) is 0. The summed E-state index contributed by atoms with van der Waals surface area (Å²) in [5.74, 6) is -0.651. The molecule has 0 aliphatic carbocycles. The van der Waals surface area contributed by atoms with Crippen molar-refractivity contribution in [3.05, 3.63) is 125 Å². The van der Waals surface area contributed by atoms with Gasteiger partial charge < -0.3 is 4.74 Å². The van der Waals surface area contributed by atoms with E-state index >= 15 is 0 Å². The first kappa shape index (κ1) is 26.5. The van der Waals surface area contributed by atoms with Crippen molar-refractivity contribution in [2.24, 2.45) is 0 Å². The number of hydrogen-bond acceptors (Lipinski definition) is 5. The van der Waals surface area contributed by atoms with Crippen LogP contribution in [0.2, 0.25) is 0 Å². The van der Waals surface area contributed by atoms with Gasteiger partial charge in [0.15, 0.2) is 6.17 Å². The fraction of sp³-hybridized carbons (Fsp3) is 0.103. The molecule has 0 radical (unpaired) electrons. The maximum absolute atomic E-state index is 13.8. The number of ether oxygens (including phenoxy) is 1. The van der Waals surface area contributed by atoms with Crippen molar-refractivity contribution in [3.63, 3.8) is 0 Å². The third kappa shape index (κ3) is 5.25. The lowest BCUT2D eigenvalue weighted by atomic mass is 10.2. The lowest BCUT2D eigenvalue weighted by molar-refractivity contribution is -0.126. The maximum Gasteiger partial charge on any atom is 0.274 e. The third-order valence-electron chi connectivity index (χ3n) is 6.26. The summed E-state index contributed by atoms with van der Waals surface area (Å²) in [5, 5.41) is 2.64. The molecule has 10 heteroatoms. The Hall–Kier alpha value is -4.15. The number of halogens is 1. The Morgan fingerprint density at radius 2 is 1.41 bits per heavy atom. The van der Waals surface area contributed by atoms with Gasteiger partial charge in [0.05, 0.1) is 17.7 Å². The number of methoxy groups -OCH3 is 1. The van der Waals surface area contributed by atoms with Crippen LogP contribution in [0.5, 0.6) is 5.75 Å². The van der Waals surface area contributed by atoms with E-state index in [1.807, 2.05) is 24.3 Å². The maximum atomic E-state index is 13.8. The summed E-state index contributed by atoms with van der Waals surface area (Å²) in [5.41, 5.74) is 1.33. The number of rotatable bonds is 8. The van der Waals surface area contributed by atoms with Crippen LogP contribution in [0.4, 0.5) is 5.69 Å². The Balaban J connectivity index is 1.53. The number of amides is 2. The molecule has 5 rings (SSSR count). The first-order chi connectivity index (χ1) is 18.8. The molecule has 1 saturated heterocycles. The number of sulfonamides is 1. The highest BCUT2D eigenvalue weighted by molar-refractivity contribution is 9.10. The lowest BCUT2D eigenvalue weighted by Crippen LogP contribution is -2.39. The van der Waals surface area contributed by atoms with Gasteiger partial charge in [0.25, 0.3) is 21.8 Å². The fourth-order valence-corrected chi connectivity index (χ4v) is 6.03. The zero-order chi connectivity index (χ0) is 27.6. The highest BCUT2D eigenvalue weighted by Crippen LogP contribution is 2.44. The highest BCUT2D eigenvalue weighted by atomic mass is 79.9. The summed E-state index contributed by atoms with van der Waals surface area (Å²) in [7, 11) is -2.74. The van der Waals surface area contributed by atoms with Gasteiger partial charge in [-0.2, -0.15) is 0 Å². The number of anilines is 1. The molecule has 4 aromatic rings. The number of benzene rings is 4. The molecular formula is C29H24BrN3O5S. The Morgan fingerprint density at radius 1 is 0.821 bits per heavy atom. The largest absolute Gasteiger partial charge is 0.495 e. The van der Waals surface area contributed by atoms with E-state index in [0.717, 1.165) is 8.78 Å². The first-order valence-electron chi connectivity index (χ1n) is 12.0. The average molecular weight is 606 g/mol. The molecular weight excluding hydrogens is 582 g/mol. The average Bonchev–Trinajstić information content (AvgIpc) is 3.72. The van der Waals surface area contributed by atoms with Gasteiger partial charge in [0, 0.05) is 10.0 Å². The molecule has 1 atom stereocenters. The van der Waals surface area contributed by atoms with Crippen LogP contribution < -0.4 is 9.04 Å². The minimum absolute atomic E-state index is 0.0242. The van der Waals surface area contributed by atoms with Gasteiger partial charge >= 0.3 is 0 Å². The minimum Gasteiger partial charge on any atom is -0.495 e. The van der Waals surface area contributed by atoms with E-state index in [-0.39, 0.29) is 22.2 Å². The predicted molar refractivity (Wildman–Crippen MR) is 150 cm³/mol. The van der Waals surface area contributed by atoms with E-state index in [9.17, 15) is 18.0 Å². The monoisotopic (exact) mass is 605 g/mol. The second-order valence-corrected chi connectivity index (χ2v) is 11.5. The van der Waals surface area contributed by atoms with Crippen LogP contribution in [0.3, 0.4) is 0 Å². The number of hydrazine groups is 1. The number of carbonyl (C=O) groups excluding carboxylic acids is 2. The molecule has 1 heterocycles. The van der Waals surface area contributed by atoms with Gasteiger partial charge in [0.2, 0.25) is 0 Å². The summed E-state index contributed by atoms with van der Waals surface area (Å²) in [4.78, 5) is 27.3. The minimum atomic E-state index is -4.17. The van der Waals surface area contributed by atoms with Crippen molar-refractivity contribution in [1.82, 2.24) is 10.0 Å². The number of nitrogens with zero attached hydrogens (tertiary/aromatic N) is 3. The second-order valence-electron chi connectivity index (χ2n) is 8.68. The quantitative estimate of drug-likeness (QED) is 0.256. The SMILES string of the molecule is COc1ccccc1N(CC(=O)N1[C@H](c2ccc(Br)cc2)N1C(=O)c1ccccc1)S(=O)(=O)c1ccccc1. The van der Waals surface area contributed by atoms with Crippen molar-refractivity contribution in [1.29, 1.82) is 0 Å². The molecule has 0 aromatic heterocycles. The molecule has 0 unspecified atom stereocenters. The molecule has 8 nitrogen and oxygen atoms in total. The van der Waals surface area contributed by atoms with Crippen molar-refractivity contribution in [2.45, 2.75) is 11.1 Å². The van der Waals surface area contributed by atoms with Crippen LogP contribution in [-0.4, -0.2) is 43.9 Å². The van der Waals surface area contributed by atoms with Gasteiger partial charge in [-0.3, -0.25) is 13.9 Å². The van der Waals surface area contributed by atoms with Gasteiger partial charge in [-0.15, -0.1) is 0 Å². The van der Waals surface area contributed by atoms with E-state index in [1.54, 1.807) is 72.8 Å². The molecule has 1 aliphatic heterocycles. The van der Waals surface area contributed by atoms with Crippen LogP contribution in [0.1, 0.15) is 22.1 Å². The van der Waals surface area contributed by atoms with Gasteiger partial charge in [-0.25, -0.2) is 18.4 Å². The molecule has 39 heavy (non-hydrogen) atoms. The molecule has 0 bridgehead atoms. The summed E-state index contributed by atoms with van der Waals surface area (Å²) in [6, 6.07) is 30.4. The van der Waals surface area contributed by atoms with Crippen LogP contribution in [0.25, 0.3) is 0 Å². The van der Waals surface area contributed by atoms with Crippen molar-refractivity contribution in [2.75, 3.05) is 18.0 Å². The molecule has 1 fully saturated rings. The second kappa shape index (κ2) is 10.9. The Bertz CT molecular complexity index is 1600. The summed E-state index contributed by atoms with van der Waals surface area (Å²) < 4.78 is 34.9. The predicted octanol–water partition coefficient (Wildman–Crippen LogP) is 5.25. The summed E-state index contributed by atoms with van der Waals surface area (Å²) in [6.07, 6.45) is -0.683. The topological polar surface area (TPSA) is 86.8 Å². The standard InChI is InChI=1S/C29H24BrN3O5S/c1-38-26-15-9-8-14-25(26)31(39(36,37)24-12-6-3-7-13-24)20-27(34)32-28(21-16-18-23(30)19-17-21)33(32)29(35)22-10-4-2-5-11-22/h2-19,28H,20H2,1H3/t28-,32?,33?/m0/s1. The Kier molecular flexibility index (Phi) is 7.40. The molecule has 4 aromatic carbocycles. The van der Waals surface area contributed by atoms with Crippen LogP contribution >= 0.6 is 15.9 Å². The summed E-state index contributed by atoms with van der Waals surface area (Å²) >= 11 is 3.41. The summed E-state index contributed by atoms with van der Waals surface area (Å²) in [6.45, 7) is -0.552. The Morgan fingerprint density at radius 3 is 2.05 bits per heavy atom. The highest BCUT2D eigenvalue weighted by Gasteiger charge is 2.54. The lowest BCUT2D eigenvalue weighted by Gasteiger charge is -2.25. The third-order valence-corrected chi connectivity index (χ3v) is 8.56. The molecule has 2 amide bonds. The van der Waals surface area contributed by atoms with E-state index < -0.39 is 28.6 Å². The van der Waals surface area contributed by atoms with Crippen LogP contribution in [0.15, 0.2) is 119 Å². The van der Waals surface area contributed by atoms with E-state index in [2.05, 4.69) is 15.9 Å². The number of para-hydroxylation sites is 2.